The minimum Gasteiger partial charge on any atom is -0.373 e. The van der Waals surface area contributed by atoms with Crippen LogP contribution in [-0.4, -0.2) is 43.5 Å². The summed E-state index contributed by atoms with van der Waals surface area (Å²) in [6, 6.07) is 17.5. The van der Waals surface area contributed by atoms with Gasteiger partial charge in [-0.3, -0.25) is 4.90 Å². The van der Waals surface area contributed by atoms with E-state index in [0.29, 0.717) is 16.6 Å². The number of halogens is 1. The van der Waals surface area contributed by atoms with Crippen molar-refractivity contribution in [1.29, 1.82) is 0 Å². The molecule has 0 bridgehead atoms. The lowest BCUT2D eigenvalue weighted by atomic mass is 10.1. The van der Waals surface area contributed by atoms with Gasteiger partial charge < -0.3 is 9.13 Å². The number of piperazine rings is 1. The standard InChI is InChI=1S/C28H40ClN3Si/c1-21(2)33(22(3)4,23(5)6)32-15-14-25-27(12-9-13-28(25)32)31-18-16-30(17-19-31)20-24-10-7-8-11-26(24)29/h7-15,21-23H,16-20H2,1-6H3. The molecule has 3 aromatic rings. The summed E-state index contributed by atoms with van der Waals surface area (Å²) in [6.07, 6.45) is 2.41. The second kappa shape index (κ2) is 9.85. The van der Waals surface area contributed by atoms with Crippen molar-refractivity contribution < 1.29 is 0 Å². The molecule has 0 spiro atoms. The van der Waals surface area contributed by atoms with Crippen molar-refractivity contribution in [3.8, 4) is 0 Å². The summed E-state index contributed by atoms with van der Waals surface area (Å²) in [5.41, 5.74) is 6.10. The Morgan fingerprint density at radius 1 is 0.788 bits per heavy atom. The van der Waals surface area contributed by atoms with Crippen LogP contribution < -0.4 is 4.90 Å². The largest absolute Gasteiger partial charge is 0.373 e. The molecule has 0 amide bonds. The summed E-state index contributed by atoms with van der Waals surface area (Å²) in [4.78, 5) is 5.11. The third-order valence-electron chi connectivity index (χ3n) is 7.97. The van der Waals surface area contributed by atoms with E-state index < -0.39 is 8.24 Å². The SMILES string of the molecule is CC(C)[Si](C(C)C)(C(C)C)n1ccc2c(N3CCN(Cc4ccccc4Cl)CC3)cccc21. The van der Waals surface area contributed by atoms with Crippen molar-refractivity contribution in [2.24, 2.45) is 0 Å². The van der Waals surface area contributed by atoms with Gasteiger partial charge in [0, 0.05) is 54.3 Å². The Labute approximate surface area is 206 Å². The Bertz CT molecular complexity index is 1060. The van der Waals surface area contributed by atoms with Crippen LogP contribution in [0.1, 0.15) is 47.1 Å². The first-order valence-electron chi connectivity index (χ1n) is 12.6. The lowest BCUT2D eigenvalue weighted by Crippen LogP contribution is -2.51. The van der Waals surface area contributed by atoms with Gasteiger partial charge in [-0.1, -0.05) is 77.4 Å². The molecular formula is C28H40ClN3Si. The topological polar surface area (TPSA) is 11.4 Å². The van der Waals surface area contributed by atoms with Crippen LogP contribution in [0.15, 0.2) is 54.7 Å². The van der Waals surface area contributed by atoms with Crippen LogP contribution in [0.3, 0.4) is 0 Å². The smallest absolute Gasteiger partial charge is 0.169 e. The number of nitrogens with zero attached hydrogens (tertiary/aromatic N) is 3. The number of rotatable bonds is 7. The lowest BCUT2D eigenvalue weighted by Gasteiger charge is -2.44. The van der Waals surface area contributed by atoms with Crippen molar-refractivity contribution in [3.63, 3.8) is 0 Å². The summed E-state index contributed by atoms with van der Waals surface area (Å²) < 4.78 is 2.74. The van der Waals surface area contributed by atoms with Crippen LogP contribution in [0.4, 0.5) is 5.69 Å². The summed E-state index contributed by atoms with van der Waals surface area (Å²) >= 11 is 6.40. The Hall–Kier alpha value is -1.75. The molecule has 0 aliphatic carbocycles. The number of fused-ring (bicyclic) bond motifs is 1. The minimum absolute atomic E-state index is 0.685. The molecule has 1 fully saturated rings. The molecule has 0 unspecified atom stereocenters. The molecule has 2 heterocycles. The van der Waals surface area contributed by atoms with Gasteiger partial charge in [-0.05, 0) is 52.6 Å². The van der Waals surface area contributed by atoms with E-state index in [1.54, 1.807) is 0 Å². The van der Waals surface area contributed by atoms with Gasteiger partial charge >= 0.3 is 0 Å². The van der Waals surface area contributed by atoms with Crippen LogP contribution in [0.2, 0.25) is 21.6 Å². The number of aromatic nitrogens is 1. The number of anilines is 1. The van der Waals surface area contributed by atoms with Gasteiger partial charge in [-0.2, -0.15) is 0 Å². The van der Waals surface area contributed by atoms with Gasteiger partial charge in [-0.25, -0.2) is 0 Å². The van der Waals surface area contributed by atoms with Gasteiger partial charge in [0.05, 0.1) is 0 Å². The highest BCUT2D eigenvalue weighted by Gasteiger charge is 2.45. The van der Waals surface area contributed by atoms with Crippen LogP contribution in [0.25, 0.3) is 10.9 Å². The van der Waals surface area contributed by atoms with Crippen LogP contribution in [0, 0.1) is 0 Å². The monoisotopic (exact) mass is 481 g/mol. The van der Waals surface area contributed by atoms with Gasteiger partial charge in [-0.15, -0.1) is 0 Å². The van der Waals surface area contributed by atoms with Gasteiger partial charge in [0.15, 0.2) is 8.24 Å². The number of hydrogen-bond donors (Lipinski definition) is 0. The Morgan fingerprint density at radius 2 is 1.42 bits per heavy atom. The summed E-state index contributed by atoms with van der Waals surface area (Å²) in [5, 5.41) is 2.29. The van der Waals surface area contributed by atoms with E-state index in [2.05, 4.69) is 98.2 Å². The van der Waals surface area contributed by atoms with Gasteiger partial charge in [0.1, 0.15) is 0 Å². The Kier molecular flexibility index (Phi) is 7.28. The molecule has 1 aliphatic heterocycles. The highest BCUT2D eigenvalue weighted by Crippen LogP contribution is 2.45. The van der Waals surface area contributed by atoms with Crippen molar-refractivity contribution in [2.45, 2.75) is 64.7 Å². The van der Waals surface area contributed by atoms with E-state index in [1.165, 1.54) is 22.2 Å². The summed E-state index contributed by atoms with van der Waals surface area (Å²) in [7, 11) is -1.77. The Balaban J connectivity index is 1.60. The molecule has 5 heteroatoms. The van der Waals surface area contributed by atoms with Gasteiger partial charge in [0.2, 0.25) is 0 Å². The zero-order valence-electron chi connectivity index (χ0n) is 21.2. The normalized spacial score (nSPS) is 16.0. The van der Waals surface area contributed by atoms with Crippen LogP contribution in [0.5, 0.6) is 0 Å². The Morgan fingerprint density at radius 3 is 2.03 bits per heavy atom. The average molecular weight is 482 g/mol. The second-order valence-electron chi connectivity index (χ2n) is 10.6. The van der Waals surface area contributed by atoms with Crippen molar-refractivity contribution >= 4 is 36.4 Å². The van der Waals surface area contributed by atoms with Crippen molar-refractivity contribution in [1.82, 2.24) is 9.13 Å². The fourth-order valence-corrected chi connectivity index (χ4v) is 13.4. The zero-order valence-corrected chi connectivity index (χ0v) is 22.9. The first-order valence-corrected chi connectivity index (χ1v) is 15.1. The van der Waals surface area contributed by atoms with Crippen molar-refractivity contribution in [3.05, 3.63) is 65.3 Å². The first kappa shape index (κ1) is 24.4. The number of benzene rings is 2. The van der Waals surface area contributed by atoms with E-state index in [-0.39, 0.29) is 0 Å². The molecule has 4 rings (SSSR count). The number of hydrogen-bond acceptors (Lipinski definition) is 2. The van der Waals surface area contributed by atoms with E-state index in [1.807, 2.05) is 12.1 Å². The fourth-order valence-electron chi connectivity index (χ4n) is 6.61. The van der Waals surface area contributed by atoms with E-state index in [9.17, 15) is 0 Å². The van der Waals surface area contributed by atoms with Crippen LogP contribution in [-0.2, 0) is 6.54 Å². The molecule has 33 heavy (non-hydrogen) atoms. The van der Waals surface area contributed by atoms with Crippen LogP contribution >= 0.6 is 11.6 Å². The minimum atomic E-state index is -1.77. The lowest BCUT2D eigenvalue weighted by molar-refractivity contribution is 0.250. The molecule has 0 atom stereocenters. The molecule has 1 aliphatic rings. The molecule has 0 radical (unpaired) electrons. The molecule has 1 aromatic heterocycles. The molecule has 0 saturated carbocycles. The predicted molar refractivity (Wildman–Crippen MR) is 147 cm³/mol. The molecular weight excluding hydrogens is 442 g/mol. The maximum atomic E-state index is 6.40. The zero-order chi connectivity index (χ0) is 23.8. The van der Waals surface area contributed by atoms with Gasteiger partial charge in [0.25, 0.3) is 0 Å². The molecule has 3 nitrogen and oxygen atoms in total. The third kappa shape index (κ3) is 4.38. The maximum absolute atomic E-state index is 6.40. The molecule has 1 saturated heterocycles. The summed E-state index contributed by atoms with van der Waals surface area (Å²) in [5.74, 6) is 0. The molecule has 2 aromatic carbocycles. The second-order valence-corrected chi connectivity index (χ2v) is 16.7. The van der Waals surface area contributed by atoms with E-state index >= 15 is 0 Å². The quantitative estimate of drug-likeness (QED) is 0.321. The highest BCUT2D eigenvalue weighted by molar-refractivity contribution is 6.82. The van der Waals surface area contributed by atoms with E-state index in [0.717, 1.165) is 37.7 Å². The molecule has 0 N–H and O–H groups in total. The maximum Gasteiger partial charge on any atom is 0.169 e. The van der Waals surface area contributed by atoms with E-state index in [4.69, 9.17) is 11.6 Å². The molecule has 178 valence electrons. The first-order chi connectivity index (χ1) is 15.8. The third-order valence-corrected chi connectivity index (χ3v) is 15.1. The highest BCUT2D eigenvalue weighted by atomic mass is 35.5. The summed E-state index contributed by atoms with van der Waals surface area (Å²) in [6.45, 7) is 19.8. The average Bonchev–Trinajstić information content (AvgIpc) is 3.20. The predicted octanol–water partition coefficient (Wildman–Crippen LogP) is 7.64. The van der Waals surface area contributed by atoms with Crippen molar-refractivity contribution in [2.75, 3.05) is 31.1 Å². The fraction of sp³-hybridized carbons (Fsp3) is 0.500.